The minimum atomic E-state index is -1.08. The molecule has 0 aromatic carbocycles. The summed E-state index contributed by atoms with van der Waals surface area (Å²) < 4.78 is 0. The largest absolute Gasteiger partial charge is 0.481 e. The third kappa shape index (κ3) is 10.7. The Balaban J connectivity index is 0. The molecule has 0 heterocycles. The Labute approximate surface area is 97.1 Å². The molecule has 0 saturated carbocycles. The standard InChI is InChI=1S/C9H18N2O.C2H3O2/c1-6-8(11(4)5)10-9(12)7(2)3;1-2(3)4/h8H,2,6H2,1,3-5H3,(H,10,12);1H2,(H,3,4). The number of aliphatic carboxylic acids is 1. The molecule has 0 aliphatic heterocycles. The minimum Gasteiger partial charge on any atom is -0.481 e. The van der Waals surface area contributed by atoms with Gasteiger partial charge in [-0.05, 0) is 27.4 Å². The topological polar surface area (TPSA) is 69.6 Å². The number of nitrogens with zero attached hydrogens (tertiary/aromatic N) is 1. The summed E-state index contributed by atoms with van der Waals surface area (Å²) in [5, 5.41) is 10.2. The summed E-state index contributed by atoms with van der Waals surface area (Å²) in [5.41, 5.74) is 0.551. The number of nitrogens with one attached hydrogen (secondary N) is 1. The van der Waals surface area contributed by atoms with Gasteiger partial charge in [-0.2, -0.15) is 0 Å². The van der Waals surface area contributed by atoms with E-state index < -0.39 is 5.97 Å². The van der Waals surface area contributed by atoms with E-state index in [2.05, 4.69) is 18.8 Å². The van der Waals surface area contributed by atoms with E-state index in [1.165, 1.54) is 0 Å². The van der Waals surface area contributed by atoms with Crippen LogP contribution in [0.1, 0.15) is 20.3 Å². The van der Waals surface area contributed by atoms with Crippen LogP contribution in [0.5, 0.6) is 0 Å². The van der Waals surface area contributed by atoms with Crippen molar-refractivity contribution in [2.45, 2.75) is 26.4 Å². The van der Waals surface area contributed by atoms with E-state index in [0.717, 1.165) is 6.42 Å². The Morgan fingerprint density at radius 1 is 1.44 bits per heavy atom. The molecule has 0 aliphatic carbocycles. The van der Waals surface area contributed by atoms with Crippen molar-refractivity contribution in [2.75, 3.05) is 14.1 Å². The molecule has 1 atom stereocenters. The zero-order valence-electron chi connectivity index (χ0n) is 10.4. The summed E-state index contributed by atoms with van der Waals surface area (Å²) in [6.45, 7) is 9.86. The van der Waals surface area contributed by atoms with Crippen LogP contribution in [0.15, 0.2) is 12.2 Å². The van der Waals surface area contributed by atoms with Crippen LogP contribution in [0.4, 0.5) is 0 Å². The van der Waals surface area contributed by atoms with Crippen LogP contribution in [0, 0.1) is 6.92 Å². The summed E-state index contributed by atoms with van der Waals surface area (Å²) in [4.78, 5) is 22.0. The molecule has 0 spiro atoms. The van der Waals surface area contributed by atoms with E-state index in [1.807, 2.05) is 25.9 Å². The highest BCUT2D eigenvalue weighted by Crippen LogP contribution is 1.96. The predicted octanol–water partition coefficient (Wildman–Crippen LogP) is 0.881. The van der Waals surface area contributed by atoms with Gasteiger partial charge in [0.15, 0.2) is 0 Å². The average Bonchev–Trinajstić information content (AvgIpc) is 2.11. The van der Waals surface area contributed by atoms with Crippen LogP contribution in [0.2, 0.25) is 0 Å². The molecule has 0 aliphatic rings. The van der Waals surface area contributed by atoms with E-state index in [1.54, 1.807) is 6.92 Å². The second kappa shape index (κ2) is 8.91. The molecule has 1 unspecified atom stereocenters. The zero-order chi connectivity index (χ0) is 13.3. The maximum absolute atomic E-state index is 11.2. The van der Waals surface area contributed by atoms with Crippen LogP contribution in [-0.4, -0.2) is 42.1 Å². The number of carbonyl (C=O) groups is 2. The second-order valence-electron chi connectivity index (χ2n) is 3.54. The highest BCUT2D eigenvalue weighted by Gasteiger charge is 2.11. The van der Waals surface area contributed by atoms with Gasteiger partial charge in [-0.3, -0.25) is 14.5 Å². The summed E-state index contributed by atoms with van der Waals surface area (Å²) >= 11 is 0. The fourth-order valence-corrected chi connectivity index (χ4v) is 0.871. The highest BCUT2D eigenvalue weighted by atomic mass is 16.4. The average molecular weight is 229 g/mol. The van der Waals surface area contributed by atoms with Crippen molar-refractivity contribution in [1.82, 2.24) is 10.2 Å². The molecule has 5 nitrogen and oxygen atoms in total. The first-order valence-electron chi connectivity index (χ1n) is 4.90. The molecule has 93 valence electrons. The lowest BCUT2D eigenvalue weighted by molar-refractivity contribution is -0.131. The molecule has 0 fully saturated rings. The lowest BCUT2D eigenvalue weighted by atomic mass is 10.3. The van der Waals surface area contributed by atoms with Crippen molar-refractivity contribution >= 4 is 11.9 Å². The molecule has 1 radical (unpaired) electrons. The van der Waals surface area contributed by atoms with Crippen LogP contribution in [-0.2, 0) is 9.59 Å². The summed E-state index contributed by atoms with van der Waals surface area (Å²) in [5.74, 6) is -1.16. The van der Waals surface area contributed by atoms with Crippen LogP contribution in [0.3, 0.4) is 0 Å². The molecule has 0 saturated heterocycles. The Kier molecular flexibility index (Phi) is 9.49. The Bertz CT molecular complexity index is 246. The van der Waals surface area contributed by atoms with Gasteiger partial charge < -0.3 is 10.4 Å². The molecule has 5 heteroatoms. The molecule has 0 aromatic rings. The normalized spacial score (nSPS) is 11.1. The van der Waals surface area contributed by atoms with Gasteiger partial charge in [0.1, 0.15) is 0 Å². The molecule has 1 amide bonds. The summed E-state index contributed by atoms with van der Waals surface area (Å²) in [6, 6.07) is 0. The number of carboxylic acid groups (broad SMARTS) is 1. The van der Waals surface area contributed by atoms with E-state index in [9.17, 15) is 4.79 Å². The predicted molar refractivity (Wildman–Crippen MR) is 63.7 cm³/mol. The summed E-state index contributed by atoms with van der Waals surface area (Å²) in [7, 11) is 3.87. The molecule has 0 rings (SSSR count). The van der Waals surface area contributed by atoms with Crippen molar-refractivity contribution < 1.29 is 14.7 Å². The van der Waals surface area contributed by atoms with E-state index in [0.29, 0.717) is 5.57 Å². The van der Waals surface area contributed by atoms with Crippen molar-refractivity contribution in [3.05, 3.63) is 19.1 Å². The quantitative estimate of drug-likeness (QED) is 0.554. The van der Waals surface area contributed by atoms with Crippen molar-refractivity contribution in [3.63, 3.8) is 0 Å². The van der Waals surface area contributed by atoms with Gasteiger partial charge in [0.2, 0.25) is 5.91 Å². The monoisotopic (exact) mass is 229 g/mol. The third-order valence-corrected chi connectivity index (χ3v) is 1.70. The van der Waals surface area contributed by atoms with E-state index in [4.69, 9.17) is 9.90 Å². The number of hydrogen-bond donors (Lipinski definition) is 2. The molecule has 0 bridgehead atoms. The van der Waals surface area contributed by atoms with Gasteiger partial charge in [0, 0.05) is 5.57 Å². The lowest BCUT2D eigenvalue weighted by Crippen LogP contribution is -2.44. The molecule has 16 heavy (non-hydrogen) atoms. The SMILES string of the molecule is C=C(C)C(=O)NC(CC)N(C)C.[CH2]C(=O)O. The first-order valence-corrected chi connectivity index (χ1v) is 4.90. The second-order valence-corrected chi connectivity index (χ2v) is 3.54. The number of carboxylic acids is 1. The minimum absolute atomic E-state index is 0.0736. The van der Waals surface area contributed by atoms with Crippen LogP contribution < -0.4 is 5.32 Å². The number of rotatable bonds is 4. The van der Waals surface area contributed by atoms with Crippen molar-refractivity contribution in [2.24, 2.45) is 0 Å². The molecular weight excluding hydrogens is 208 g/mol. The maximum atomic E-state index is 11.2. The van der Waals surface area contributed by atoms with Gasteiger partial charge in [-0.15, -0.1) is 0 Å². The van der Waals surface area contributed by atoms with Crippen LogP contribution >= 0.6 is 0 Å². The number of hydrogen-bond acceptors (Lipinski definition) is 3. The van der Waals surface area contributed by atoms with Gasteiger partial charge >= 0.3 is 5.97 Å². The van der Waals surface area contributed by atoms with Gasteiger partial charge in [-0.25, -0.2) is 0 Å². The van der Waals surface area contributed by atoms with E-state index >= 15 is 0 Å². The molecule has 2 N–H and O–H groups in total. The van der Waals surface area contributed by atoms with Gasteiger partial charge in [0.05, 0.1) is 13.1 Å². The Morgan fingerprint density at radius 2 is 1.81 bits per heavy atom. The first kappa shape index (κ1) is 17.0. The summed E-state index contributed by atoms with van der Waals surface area (Å²) in [6.07, 6.45) is 1.00. The van der Waals surface area contributed by atoms with Crippen LogP contribution in [0.25, 0.3) is 0 Å². The number of carbonyl (C=O) groups excluding carboxylic acids is 1. The lowest BCUT2D eigenvalue weighted by Gasteiger charge is -2.23. The third-order valence-electron chi connectivity index (χ3n) is 1.70. The fourth-order valence-electron chi connectivity index (χ4n) is 0.871. The van der Waals surface area contributed by atoms with Crippen molar-refractivity contribution in [3.8, 4) is 0 Å². The molecular formula is C11H21N2O3. The Morgan fingerprint density at radius 3 is 2.00 bits per heavy atom. The van der Waals surface area contributed by atoms with E-state index in [-0.39, 0.29) is 12.1 Å². The molecule has 0 aromatic heterocycles. The fraction of sp³-hybridized carbons (Fsp3) is 0.545. The maximum Gasteiger partial charge on any atom is 0.303 e. The first-order chi connectivity index (χ1) is 7.22. The highest BCUT2D eigenvalue weighted by molar-refractivity contribution is 5.92. The smallest absolute Gasteiger partial charge is 0.303 e. The van der Waals surface area contributed by atoms with Gasteiger partial charge in [-0.1, -0.05) is 13.5 Å². The Hall–Kier alpha value is -1.36. The zero-order valence-corrected chi connectivity index (χ0v) is 10.4. The van der Waals surface area contributed by atoms with Gasteiger partial charge in [0.25, 0.3) is 0 Å². The number of amides is 1. The van der Waals surface area contributed by atoms with Crippen molar-refractivity contribution in [1.29, 1.82) is 0 Å².